The van der Waals surface area contributed by atoms with Gasteiger partial charge in [0.2, 0.25) is 0 Å². The number of halogens is 1. The van der Waals surface area contributed by atoms with E-state index in [1.54, 1.807) is 17.5 Å². The Kier molecular flexibility index (Phi) is 4.65. The highest BCUT2D eigenvalue weighted by atomic mass is 35.5. The van der Waals surface area contributed by atoms with Gasteiger partial charge in [-0.3, -0.25) is 0 Å². The maximum atomic E-state index is 6.00. The van der Waals surface area contributed by atoms with Crippen LogP contribution in [-0.4, -0.2) is 21.5 Å². The van der Waals surface area contributed by atoms with Crippen molar-refractivity contribution in [3.8, 4) is 11.3 Å². The minimum absolute atomic E-state index is 0.539. The van der Waals surface area contributed by atoms with Gasteiger partial charge in [0.15, 0.2) is 0 Å². The summed E-state index contributed by atoms with van der Waals surface area (Å²) in [5.74, 6) is 0.672. The molecule has 22 heavy (non-hydrogen) atoms. The minimum atomic E-state index is 0.539. The molecule has 0 fully saturated rings. The summed E-state index contributed by atoms with van der Waals surface area (Å²) in [5.41, 5.74) is 3.45. The summed E-state index contributed by atoms with van der Waals surface area (Å²) in [7, 11) is 0. The smallest absolute Gasteiger partial charge is 0.148 e. The molecule has 0 amide bonds. The first-order chi connectivity index (χ1) is 10.7. The number of aromatic nitrogens is 3. The van der Waals surface area contributed by atoms with Crippen LogP contribution in [0.1, 0.15) is 10.6 Å². The van der Waals surface area contributed by atoms with Crippen molar-refractivity contribution in [2.24, 2.45) is 0 Å². The Hall–Kier alpha value is -1.98. The van der Waals surface area contributed by atoms with E-state index in [1.807, 2.05) is 6.92 Å². The van der Waals surface area contributed by atoms with Crippen molar-refractivity contribution in [2.75, 3.05) is 11.9 Å². The zero-order valence-corrected chi connectivity index (χ0v) is 13.7. The molecule has 0 radical (unpaired) electrons. The van der Waals surface area contributed by atoms with Crippen LogP contribution < -0.4 is 5.32 Å². The zero-order valence-electron chi connectivity index (χ0n) is 12.1. The van der Waals surface area contributed by atoms with Gasteiger partial charge in [-0.25, -0.2) is 15.0 Å². The molecule has 0 aliphatic rings. The average molecular weight is 331 g/mol. The van der Waals surface area contributed by atoms with Gasteiger partial charge in [-0.15, -0.1) is 11.3 Å². The van der Waals surface area contributed by atoms with Crippen molar-refractivity contribution < 1.29 is 0 Å². The van der Waals surface area contributed by atoms with E-state index in [0.29, 0.717) is 10.8 Å². The van der Waals surface area contributed by atoms with E-state index in [1.165, 1.54) is 11.9 Å². The Balaban J connectivity index is 1.59. The summed E-state index contributed by atoms with van der Waals surface area (Å²) in [4.78, 5) is 12.5. The maximum Gasteiger partial charge on any atom is 0.148 e. The molecule has 0 saturated heterocycles. The summed E-state index contributed by atoms with van der Waals surface area (Å²) in [5, 5.41) is 6.93. The predicted octanol–water partition coefficient (Wildman–Crippen LogP) is 4.22. The van der Waals surface area contributed by atoms with Gasteiger partial charge in [0, 0.05) is 17.5 Å². The van der Waals surface area contributed by atoms with Gasteiger partial charge in [-0.05, 0) is 18.9 Å². The van der Waals surface area contributed by atoms with Crippen molar-refractivity contribution >= 4 is 28.8 Å². The monoisotopic (exact) mass is 330 g/mol. The number of nitrogens with zero attached hydrogens (tertiary/aromatic N) is 3. The third kappa shape index (κ3) is 3.61. The number of rotatable bonds is 5. The SMILES string of the molecule is Cc1nc(-c2ccc(CCNc3ncncc3Cl)cc2)cs1. The molecule has 0 atom stereocenters. The molecular weight excluding hydrogens is 316 g/mol. The average Bonchev–Trinajstić information content (AvgIpc) is 2.96. The Bertz CT molecular complexity index is 755. The standard InChI is InChI=1S/C16H15ClN4S/c1-11-21-15(9-22-11)13-4-2-12(3-5-13)6-7-19-16-14(17)8-18-10-20-16/h2-5,8-10H,6-7H2,1H3,(H,18,19,20). The van der Waals surface area contributed by atoms with E-state index in [4.69, 9.17) is 11.6 Å². The van der Waals surface area contributed by atoms with Crippen molar-refractivity contribution in [1.82, 2.24) is 15.0 Å². The van der Waals surface area contributed by atoms with Crippen LogP contribution in [0, 0.1) is 6.92 Å². The second-order valence-corrected chi connectivity index (χ2v) is 6.31. The molecular formula is C16H15ClN4S. The number of thiazole rings is 1. The molecule has 0 aliphatic carbocycles. The first-order valence-electron chi connectivity index (χ1n) is 6.93. The molecule has 2 heterocycles. The molecule has 0 spiro atoms. The first kappa shape index (κ1) is 14.9. The molecule has 1 N–H and O–H groups in total. The van der Waals surface area contributed by atoms with Crippen LogP contribution in [0.3, 0.4) is 0 Å². The lowest BCUT2D eigenvalue weighted by molar-refractivity contribution is 0.999. The molecule has 112 valence electrons. The number of hydrogen-bond donors (Lipinski definition) is 1. The van der Waals surface area contributed by atoms with Crippen LogP contribution >= 0.6 is 22.9 Å². The molecule has 3 aromatic rings. The van der Waals surface area contributed by atoms with Crippen LogP contribution in [0.5, 0.6) is 0 Å². The Morgan fingerprint density at radius 1 is 1.23 bits per heavy atom. The van der Waals surface area contributed by atoms with Gasteiger partial charge in [0.25, 0.3) is 0 Å². The lowest BCUT2D eigenvalue weighted by Crippen LogP contribution is -2.06. The fourth-order valence-corrected chi connectivity index (χ4v) is 2.90. The molecule has 3 rings (SSSR count). The van der Waals surface area contributed by atoms with Gasteiger partial charge < -0.3 is 5.32 Å². The van der Waals surface area contributed by atoms with Crippen molar-refractivity contribution in [3.63, 3.8) is 0 Å². The minimum Gasteiger partial charge on any atom is -0.368 e. The summed E-state index contributed by atoms with van der Waals surface area (Å²) in [6, 6.07) is 8.49. The van der Waals surface area contributed by atoms with E-state index >= 15 is 0 Å². The highest BCUT2D eigenvalue weighted by molar-refractivity contribution is 7.09. The topological polar surface area (TPSA) is 50.7 Å². The predicted molar refractivity (Wildman–Crippen MR) is 91.5 cm³/mol. The van der Waals surface area contributed by atoms with Crippen LogP contribution in [0.2, 0.25) is 5.02 Å². The molecule has 6 heteroatoms. The second-order valence-electron chi connectivity index (χ2n) is 4.84. The highest BCUT2D eigenvalue weighted by Gasteiger charge is 2.03. The van der Waals surface area contributed by atoms with Crippen LogP contribution in [0.4, 0.5) is 5.82 Å². The molecule has 0 unspecified atom stereocenters. The van der Waals surface area contributed by atoms with Gasteiger partial charge in [-0.2, -0.15) is 0 Å². The molecule has 0 aliphatic heterocycles. The van der Waals surface area contributed by atoms with Crippen molar-refractivity contribution in [3.05, 3.63) is 57.8 Å². The quantitative estimate of drug-likeness (QED) is 0.761. The van der Waals surface area contributed by atoms with E-state index in [0.717, 1.165) is 29.2 Å². The van der Waals surface area contributed by atoms with E-state index in [2.05, 4.69) is 49.9 Å². The van der Waals surface area contributed by atoms with Crippen LogP contribution in [-0.2, 0) is 6.42 Å². The molecule has 2 aromatic heterocycles. The molecule has 0 bridgehead atoms. The third-order valence-corrected chi connectivity index (χ3v) is 4.29. The Labute approximate surface area is 138 Å². The number of anilines is 1. The summed E-state index contributed by atoms with van der Waals surface area (Å²) in [6.07, 6.45) is 3.97. The van der Waals surface area contributed by atoms with Gasteiger partial charge in [0.1, 0.15) is 17.2 Å². The van der Waals surface area contributed by atoms with E-state index in [9.17, 15) is 0 Å². The first-order valence-corrected chi connectivity index (χ1v) is 8.19. The number of benzene rings is 1. The second kappa shape index (κ2) is 6.85. The summed E-state index contributed by atoms with van der Waals surface area (Å²) in [6.45, 7) is 2.79. The third-order valence-electron chi connectivity index (χ3n) is 3.24. The fraction of sp³-hybridized carbons (Fsp3) is 0.188. The normalized spacial score (nSPS) is 10.6. The van der Waals surface area contributed by atoms with Gasteiger partial charge in [-0.1, -0.05) is 35.9 Å². The summed E-state index contributed by atoms with van der Waals surface area (Å²) >= 11 is 7.67. The zero-order chi connectivity index (χ0) is 15.4. The molecule has 4 nitrogen and oxygen atoms in total. The fourth-order valence-electron chi connectivity index (χ4n) is 2.11. The lowest BCUT2D eigenvalue weighted by atomic mass is 10.1. The lowest BCUT2D eigenvalue weighted by Gasteiger charge is -2.07. The largest absolute Gasteiger partial charge is 0.368 e. The highest BCUT2D eigenvalue weighted by Crippen LogP contribution is 2.22. The van der Waals surface area contributed by atoms with E-state index < -0.39 is 0 Å². The van der Waals surface area contributed by atoms with Crippen molar-refractivity contribution in [1.29, 1.82) is 0 Å². The Morgan fingerprint density at radius 3 is 2.73 bits per heavy atom. The van der Waals surface area contributed by atoms with Crippen LogP contribution in [0.25, 0.3) is 11.3 Å². The number of nitrogens with one attached hydrogen (secondary N) is 1. The Morgan fingerprint density at radius 2 is 2.05 bits per heavy atom. The molecule has 1 aromatic carbocycles. The summed E-state index contributed by atoms with van der Waals surface area (Å²) < 4.78 is 0. The maximum absolute atomic E-state index is 6.00. The number of hydrogen-bond acceptors (Lipinski definition) is 5. The number of aryl methyl sites for hydroxylation is 1. The van der Waals surface area contributed by atoms with Crippen LogP contribution in [0.15, 0.2) is 42.2 Å². The van der Waals surface area contributed by atoms with Gasteiger partial charge in [0.05, 0.1) is 16.9 Å². The molecule has 0 saturated carbocycles. The van der Waals surface area contributed by atoms with Crippen molar-refractivity contribution in [2.45, 2.75) is 13.3 Å². The van der Waals surface area contributed by atoms with Gasteiger partial charge >= 0.3 is 0 Å². The van der Waals surface area contributed by atoms with E-state index in [-0.39, 0.29) is 0 Å².